The predicted molar refractivity (Wildman–Crippen MR) is 63.6 cm³/mol. The molecule has 2 nitrogen and oxygen atoms in total. The van der Waals surface area contributed by atoms with Crippen molar-refractivity contribution in [2.45, 2.75) is 25.7 Å². The lowest BCUT2D eigenvalue weighted by molar-refractivity contribution is 0.772. The second kappa shape index (κ2) is 3.69. The van der Waals surface area contributed by atoms with Crippen LogP contribution in [-0.4, -0.2) is 18.9 Å². The fraction of sp³-hybridized carbons (Fsp3) is 0.462. The normalized spacial score (nSPS) is 20.0. The molecule has 78 valence electrons. The number of para-hydroxylation sites is 1. The van der Waals surface area contributed by atoms with Gasteiger partial charge in [-0.05, 0) is 30.9 Å². The Morgan fingerprint density at radius 1 is 1.07 bits per heavy atom. The average molecular weight is 200 g/mol. The molecule has 0 amide bonds. The lowest BCUT2D eigenvalue weighted by atomic mass is 10.1. The van der Waals surface area contributed by atoms with Gasteiger partial charge in [0.05, 0.1) is 0 Å². The molecular weight excluding hydrogens is 184 g/mol. The minimum absolute atomic E-state index is 1.02. The molecule has 3 rings (SSSR count). The van der Waals surface area contributed by atoms with E-state index in [4.69, 9.17) is 0 Å². The molecule has 0 radical (unpaired) electrons. The van der Waals surface area contributed by atoms with Gasteiger partial charge in [0.25, 0.3) is 0 Å². The van der Waals surface area contributed by atoms with Crippen LogP contribution >= 0.6 is 0 Å². The number of anilines is 1. The Hall–Kier alpha value is -1.31. The smallest absolute Gasteiger partial charge is 0.103 e. The van der Waals surface area contributed by atoms with E-state index in [1.54, 1.807) is 0 Å². The number of fused-ring (bicyclic) bond motifs is 3. The maximum absolute atomic E-state index is 4.65. The molecule has 2 heteroatoms. The van der Waals surface area contributed by atoms with Crippen LogP contribution in [0.2, 0.25) is 0 Å². The first-order chi connectivity index (χ1) is 7.45. The van der Waals surface area contributed by atoms with Crippen molar-refractivity contribution in [3.8, 4) is 0 Å². The van der Waals surface area contributed by atoms with Gasteiger partial charge in [-0.2, -0.15) is 0 Å². The third-order valence-corrected chi connectivity index (χ3v) is 3.27. The van der Waals surface area contributed by atoms with Crippen LogP contribution in [0.3, 0.4) is 0 Å². The molecule has 0 saturated carbocycles. The maximum atomic E-state index is 4.65. The van der Waals surface area contributed by atoms with E-state index >= 15 is 0 Å². The van der Waals surface area contributed by atoms with Gasteiger partial charge in [0.1, 0.15) is 5.84 Å². The molecule has 0 aromatic heterocycles. The van der Waals surface area contributed by atoms with Crippen molar-refractivity contribution in [2.24, 2.45) is 4.99 Å². The first kappa shape index (κ1) is 8.96. The summed E-state index contributed by atoms with van der Waals surface area (Å²) in [4.78, 5) is 7.08. The summed E-state index contributed by atoms with van der Waals surface area (Å²) in [6.07, 6.45) is 4.78. The van der Waals surface area contributed by atoms with E-state index < -0.39 is 0 Å². The van der Waals surface area contributed by atoms with Crippen LogP contribution in [0.25, 0.3) is 0 Å². The molecule has 0 fully saturated rings. The lowest BCUT2D eigenvalue weighted by Gasteiger charge is -2.29. The highest BCUT2D eigenvalue weighted by molar-refractivity contribution is 5.99. The standard InChI is InChI=1S/C13H16N2/c1-2-7-12-11(5-1)6-3-8-13-14-9-4-10-15(12)13/h1-2,5,7H,3-4,6,8-10H2. The Labute approximate surface area is 90.6 Å². The van der Waals surface area contributed by atoms with Gasteiger partial charge in [0, 0.05) is 25.2 Å². The molecule has 1 aromatic rings. The molecule has 15 heavy (non-hydrogen) atoms. The minimum Gasteiger partial charge on any atom is -0.330 e. The molecule has 2 heterocycles. The van der Waals surface area contributed by atoms with E-state index in [1.807, 2.05) is 0 Å². The van der Waals surface area contributed by atoms with Gasteiger partial charge in [0.2, 0.25) is 0 Å². The molecule has 0 atom stereocenters. The van der Waals surface area contributed by atoms with Crippen molar-refractivity contribution in [1.29, 1.82) is 0 Å². The Morgan fingerprint density at radius 2 is 2.00 bits per heavy atom. The second-order valence-electron chi connectivity index (χ2n) is 4.29. The number of hydrogen-bond donors (Lipinski definition) is 0. The van der Waals surface area contributed by atoms with E-state index in [2.05, 4.69) is 34.2 Å². The van der Waals surface area contributed by atoms with E-state index in [9.17, 15) is 0 Å². The summed E-state index contributed by atoms with van der Waals surface area (Å²) in [7, 11) is 0. The van der Waals surface area contributed by atoms with Crippen molar-refractivity contribution in [1.82, 2.24) is 0 Å². The summed E-state index contributed by atoms with van der Waals surface area (Å²) in [6, 6.07) is 8.77. The van der Waals surface area contributed by atoms with Crippen molar-refractivity contribution >= 4 is 11.5 Å². The first-order valence-corrected chi connectivity index (χ1v) is 5.84. The number of aryl methyl sites for hydroxylation is 1. The summed E-state index contributed by atoms with van der Waals surface area (Å²) in [5.41, 5.74) is 2.89. The zero-order valence-corrected chi connectivity index (χ0v) is 8.95. The Kier molecular flexibility index (Phi) is 2.20. The topological polar surface area (TPSA) is 15.6 Å². The fourth-order valence-electron chi connectivity index (χ4n) is 2.55. The van der Waals surface area contributed by atoms with E-state index in [0.717, 1.165) is 19.5 Å². The van der Waals surface area contributed by atoms with Crippen LogP contribution in [0.1, 0.15) is 24.8 Å². The molecule has 0 unspecified atom stereocenters. The summed E-state index contributed by atoms with van der Waals surface area (Å²) >= 11 is 0. The summed E-state index contributed by atoms with van der Waals surface area (Å²) < 4.78 is 0. The number of amidine groups is 1. The first-order valence-electron chi connectivity index (χ1n) is 5.84. The van der Waals surface area contributed by atoms with Gasteiger partial charge in [0.15, 0.2) is 0 Å². The number of benzene rings is 1. The monoisotopic (exact) mass is 200 g/mol. The average Bonchev–Trinajstić information content (AvgIpc) is 2.48. The molecular formula is C13H16N2. The van der Waals surface area contributed by atoms with Crippen LogP contribution in [0.4, 0.5) is 5.69 Å². The van der Waals surface area contributed by atoms with Gasteiger partial charge in [-0.25, -0.2) is 0 Å². The number of hydrogen-bond acceptors (Lipinski definition) is 2. The van der Waals surface area contributed by atoms with Crippen molar-refractivity contribution in [3.05, 3.63) is 29.8 Å². The molecule has 0 saturated heterocycles. The third kappa shape index (κ3) is 1.54. The third-order valence-electron chi connectivity index (χ3n) is 3.27. The Bertz CT molecular complexity index is 395. The van der Waals surface area contributed by atoms with Gasteiger partial charge in [-0.15, -0.1) is 0 Å². The van der Waals surface area contributed by atoms with Crippen LogP contribution in [0.5, 0.6) is 0 Å². The van der Waals surface area contributed by atoms with Crippen LogP contribution < -0.4 is 4.90 Å². The number of nitrogens with zero attached hydrogens (tertiary/aromatic N) is 2. The van der Waals surface area contributed by atoms with E-state index in [1.165, 1.54) is 36.3 Å². The molecule has 0 N–H and O–H groups in total. The van der Waals surface area contributed by atoms with Gasteiger partial charge < -0.3 is 4.90 Å². The lowest BCUT2D eigenvalue weighted by Crippen LogP contribution is -2.35. The van der Waals surface area contributed by atoms with Crippen molar-refractivity contribution < 1.29 is 0 Å². The van der Waals surface area contributed by atoms with Crippen LogP contribution in [0.15, 0.2) is 29.3 Å². The largest absolute Gasteiger partial charge is 0.330 e. The van der Waals surface area contributed by atoms with E-state index in [0.29, 0.717) is 0 Å². The maximum Gasteiger partial charge on any atom is 0.103 e. The number of rotatable bonds is 0. The summed E-state index contributed by atoms with van der Waals surface area (Å²) in [5, 5.41) is 0. The zero-order valence-electron chi connectivity index (χ0n) is 8.95. The summed E-state index contributed by atoms with van der Waals surface area (Å²) in [6.45, 7) is 2.17. The van der Waals surface area contributed by atoms with Gasteiger partial charge in [-0.1, -0.05) is 18.2 Å². The highest BCUT2D eigenvalue weighted by atomic mass is 15.2. The molecule has 2 aliphatic rings. The molecule has 0 bridgehead atoms. The summed E-state index contributed by atoms with van der Waals surface area (Å²) in [5.74, 6) is 1.31. The SMILES string of the molecule is c1ccc2c(c1)CCCC1=NCCCN12. The Balaban J connectivity index is 2.08. The van der Waals surface area contributed by atoms with E-state index in [-0.39, 0.29) is 0 Å². The number of aliphatic imine (C=N–C) groups is 1. The Morgan fingerprint density at radius 3 is 3.00 bits per heavy atom. The zero-order chi connectivity index (χ0) is 10.1. The van der Waals surface area contributed by atoms with Crippen molar-refractivity contribution in [3.63, 3.8) is 0 Å². The predicted octanol–water partition coefficient (Wildman–Crippen LogP) is 2.63. The second-order valence-corrected chi connectivity index (χ2v) is 4.29. The molecule has 2 aliphatic heterocycles. The minimum atomic E-state index is 1.02. The fourth-order valence-corrected chi connectivity index (χ4v) is 2.55. The van der Waals surface area contributed by atoms with Crippen LogP contribution in [-0.2, 0) is 6.42 Å². The quantitative estimate of drug-likeness (QED) is 0.628. The van der Waals surface area contributed by atoms with Gasteiger partial charge >= 0.3 is 0 Å². The highest BCUT2D eigenvalue weighted by Crippen LogP contribution is 2.28. The highest BCUT2D eigenvalue weighted by Gasteiger charge is 2.21. The molecule has 1 aromatic carbocycles. The van der Waals surface area contributed by atoms with Crippen molar-refractivity contribution in [2.75, 3.05) is 18.0 Å². The van der Waals surface area contributed by atoms with Crippen LogP contribution in [0, 0.1) is 0 Å². The molecule has 0 spiro atoms. The van der Waals surface area contributed by atoms with Gasteiger partial charge in [-0.3, -0.25) is 4.99 Å². The molecule has 0 aliphatic carbocycles.